The molecule has 26 heavy (non-hydrogen) atoms. The van der Waals surface area contributed by atoms with E-state index in [1.807, 2.05) is 6.92 Å². The largest absolute Gasteiger partial charge is 0.416 e. The first-order valence-electron chi connectivity index (χ1n) is 9.13. The molecule has 0 amide bonds. The van der Waals surface area contributed by atoms with Gasteiger partial charge in [0.2, 0.25) is 5.89 Å². The summed E-state index contributed by atoms with van der Waals surface area (Å²) in [7, 11) is 0. The average Bonchev–Trinajstić information content (AvgIpc) is 3.24. The molecule has 0 aliphatic heterocycles. The number of rotatable bonds is 4. The van der Waals surface area contributed by atoms with Crippen molar-refractivity contribution in [2.24, 2.45) is 5.92 Å². The molecule has 3 aromatic rings. The maximum absolute atomic E-state index is 12.7. The maximum Gasteiger partial charge on any atom is 0.277 e. The lowest BCUT2D eigenvalue weighted by Gasteiger charge is -2.17. The fourth-order valence-corrected chi connectivity index (χ4v) is 5.67. The Morgan fingerprint density at radius 1 is 1.31 bits per heavy atom. The lowest BCUT2D eigenvalue weighted by Crippen LogP contribution is -2.15. The summed E-state index contributed by atoms with van der Waals surface area (Å²) in [5.41, 5.74) is 1.20. The number of hydrogen-bond donors (Lipinski definition) is 1. The highest BCUT2D eigenvalue weighted by Gasteiger charge is 2.30. The molecule has 3 heterocycles. The quantitative estimate of drug-likeness (QED) is 0.674. The molecule has 136 valence electrons. The average molecular weight is 389 g/mol. The van der Waals surface area contributed by atoms with E-state index in [-0.39, 0.29) is 10.8 Å². The molecule has 0 unspecified atom stereocenters. The number of nitrogens with zero attached hydrogens (tertiary/aromatic N) is 3. The third kappa shape index (κ3) is 2.89. The van der Waals surface area contributed by atoms with Crippen LogP contribution in [0.4, 0.5) is 0 Å². The van der Waals surface area contributed by atoms with Gasteiger partial charge < -0.3 is 9.40 Å². The zero-order valence-corrected chi connectivity index (χ0v) is 16.4. The molecule has 5 rings (SSSR count). The Morgan fingerprint density at radius 2 is 2.15 bits per heavy atom. The summed E-state index contributed by atoms with van der Waals surface area (Å²) >= 11 is 3.13. The number of thiophene rings is 1. The standard InChI is InChI=1S/C18H20N4O2S2/c1-8-3-6-11-12(7-8)26-17-13(11)15(23)19-14(20-17)9(2)25-18-22-21-16(24-18)10-4-5-10/h8-10H,3-7H2,1-2H3,(H,19,20,23)/t8-,9+/m0/s1. The van der Waals surface area contributed by atoms with Gasteiger partial charge in [0.1, 0.15) is 10.7 Å². The van der Waals surface area contributed by atoms with E-state index in [4.69, 9.17) is 9.40 Å². The summed E-state index contributed by atoms with van der Waals surface area (Å²) in [6.45, 7) is 4.28. The number of thioether (sulfide) groups is 1. The van der Waals surface area contributed by atoms with Crippen LogP contribution in [0.3, 0.4) is 0 Å². The third-order valence-electron chi connectivity index (χ3n) is 5.20. The van der Waals surface area contributed by atoms with Crippen molar-refractivity contribution in [3.63, 3.8) is 0 Å². The molecule has 8 heteroatoms. The van der Waals surface area contributed by atoms with Crippen LogP contribution in [0, 0.1) is 5.92 Å². The van der Waals surface area contributed by atoms with Gasteiger partial charge in [-0.1, -0.05) is 18.7 Å². The Kier molecular flexibility index (Phi) is 3.93. The molecule has 2 atom stereocenters. The smallest absolute Gasteiger partial charge is 0.277 e. The van der Waals surface area contributed by atoms with Crippen molar-refractivity contribution >= 4 is 33.3 Å². The minimum Gasteiger partial charge on any atom is -0.416 e. The normalized spacial score (nSPS) is 21.1. The molecule has 0 saturated heterocycles. The zero-order valence-electron chi connectivity index (χ0n) is 14.7. The van der Waals surface area contributed by atoms with Crippen molar-refractivity contribution in [2.45, 2.75) is 62.3 Å². The zero-order chi connectivity index (χ0) is 17.8. The SMILES string of the molecule is C[C@H]1CCc2c(sc3nc([C@@H](C)Sc4nnc(C5CC5)o4)[nH]c(=O)c23)C1. The summed E-state index contributed by atoms with van der Waals surface area (Å²) in [4.78, 5) is 22.7. The van der Waals surface area contributed by atoms with Gasteiger partial charge >= 0.3 is 0 Å². The summed E-state index contributed by atoms with van der Waals surface area (Å²) in [5, 5.41) is 9.52. The van der Waals surface area contributed by atoms with Crippen molar-refractivity contribution in [3.8, 4) is 0 Å². The first kappa shape index (κ1) is 16.5. The Hall–Kier alpha value is -1.67. The fourth-order valence-electron chi connectivity index (χ4n) is 3.53. The molecule has 0 bridgehead atoms. The fraction of sp³-hybridized carbons (Fsp3) is 0.556. The topological polar surface area (TPSA) is 84.7 Å². The monoisotopic (exact) mass is 388 g/mol. The number of aromatic amines is 1. The van der Waals surface area contributed by atoms with Crippen LogP contribution in [0.1, 0.15) is 66.4 Å². The molecule has 1 saturated carbocycles. The summed E-state index contributed by atoms with van der Waals surface area (Å²) in [6.07, 6.45) is 5.45. The van der Waals surface area contributed by atoms with Crippen molar-refractivity contribution in [1.29, 1.82) is 0 Å². The maximum atomic E-state index is 12.7. The van der Waals surface area contributed by atoms with Crippen LogP contribution in [-0.2, 0) is 12.8 Å². The third-order valence-corrected chi connectivity index (χ3v) is 7.29. The lowest BCUT2D eigenvalue weighted by molar-refractivity contribution is 0.413. The summed E-state index contributed by atoms with van der Waals surface area (Å²) < 4.78 is 5.72. The molecule has 3 aromatic heterocycles. The van der Waals surface area contributed by atoms with Gasteiger partial charge in [-0.05, 0) is 50.5 Å². The molecular formula is C18H20N4O2S2. The van der Waals surface area contributed by atoms with E-state index in [1.54, 1.807) is 11.3 Å². The van der Waals surface area contributed by atoms with Crippen molar-refractivity contribution in [3.05, 3.63) is 32.5 Å². The van der Waals surface area contributed by atoms with Crippen LogP contribution in [-0.4, -0.2) is 20.2 Å². The predicted octanol–water partition coefficient (Wildman–Crippen LogP) is 4.22. The van der Waals surface area contributed by atoms with Gasteiger partial charge in [-0.2, -0.15) is 0 Å². The van der Waals surface area contributed by atoms with Crippen molar-refractivity contribution < 1.29 is 4.42 Å². The van der Waals surface area contributed by atoms with Crippen LogP contribution < -0.4 is 5.56 Å². The number of aromatic nitrogens is 4. The second kappa shape index (κ2) is 6.20. The minimum atomic E-state index is -0.0577. The van der Waals surface area contributed by atoms with Crippen LogP contribution in [0.15, 0.2) is 14.4 Å². The highest BCUT2D eigenvalue weighted by atomic mass is 32.2. The van der Waals surface area contributed by atoms with Crippen LogP contribution >= 0.6 is 23.1 Å². The second-order valence-corrected chi connectivity index (χ2v) is 9.80. The van der Waals surface area contributed by atoms with Crippen molar-refractivity contribution in [2.75, 3.05) is 0 Å². The van der Waals surface area contributed by atoms with E-state index in [1.165, 1.54) is 22.2 Å². The molecule has 0 radical (unpaired) electrons. The lowest BCUT2D eigenvalue weighted by atomic mass is 9.89. The van der Waals surface area contributed by atoms with E-state index < -0.39 is 0 Å². The van der Waals surface area contributed by atoms with Crippen LogP contribution in [0.5, 0.6) is 0 Å². The highest BCUT2D eigenvalue weighted by Crippen LogP contribution is 2.41. The van der Waals surface area contributed by atoms with E-state index in [0.717, 1.165) is 48.2 Å². The molecule has 0 spiro atoms. The van der Waals surface area contributed by atoms with Crippen LogP contribution in [0.2, 0.25) is 0 Å². The van der Waals surface area contributed by atoms with Gasteiger partial charge in [-0.3, -0.25) is 4.79 Å². The van der Waals surface area contributed by atoms with Gasteiger partial charge in [0.15, 0.2) is 0 Å². The molecule has 1 N–H and O–H groups in total. The predicted molar refractivity (Wildman–Crippen MR) is 102 cm³/mol. The van der Waals surface area contributed by atoms with Gasteiger partial charge in [0.05, 0.1) is 10.6 Å². The van der Waals surface area contributed by atoms with E-state index in [0.29, 0.717) is 22.9 Å². The second-order valence-electron chi connectivity index (χ2n) is 7.42. The van der Waals surface area contributed by atoms with E-state index >= 15 is 0 Å². The summed E-state index contributed by atoms with van der Waals surface area (Å²) in [5.74, 6) is 2.53. The number of H-pyrrole nitrogens is 1. The number of hydrogen-bond acceptors (Lipinski definition) is 7. The molecule has 2 aliphatic carbocycles. The Morgan fingerprint density at radius 3 is 2.96 bits per heavy atom. The molecular weight excluding hydrogens is 368 g/mol. The minimum absolute atomic E-state index is 0.0197. The van der Waals surface area contributed by atoms with E-state index in [2.05, 4.69) is 22.1 Å². The molecule has 1 fully saturated rings. The number of fused-ring (bicyclic) bond motifs is 3. The van der Waals surface area contributed by atoms with Crippen LogP contribution in [0.25, 0.3) is 10.2 Å². The molecule has 0 aromatic carbocycles. The van der Waals surface area contributed by atoms with Gasteiger partial charge in [-0.15, -0.1) is 21.5 Å². The van der Waals surface area contributed by atoms with E-state index in [9.17, 15) is 4.79 Å². The van der Waals surface area contributed by atoms with Crippen molar-refractivity contribution in [1.82, 2.24) is 20.2 Å². The number of aryl methyl sites for hydroxylation is 1. The Balaban J connectivity index is 1.45. The first-order chi connectivity index (χ1) is 12.6. The number of nitrogens with one attached hydrogen (secondary N) is 1. The molecule has 6 nitrogen and oxygen atoms in total. The summed E-state index contributed by atoms with van der Waals surface area (Å²) in [6, 6.07) is 0. The van der Waals surface area contributed by atoms with Gasteiger partial charge in [0, 0.05) is 10.8 Å². The highest BCUT2D eigenvalue weighted by molar-refractivity contribution is 7.99. The molecule has 2 aliphatic rings. The van der Waals surface area contributed by atoms with Gasteiger partial charge in [-0.25, -0.2) is 4.98 Å². The Bertz CT molecular complexity index is 1030. The first-order valence-corrected chi connectivity index (χ1v) is 10.8. The van der Waals surface area contributed by atoms with Gasteiger partial charge in [0.25, 0.3) is 10.8 Å². The Labute approximate surface area is 158 Å².